The Bertz CT molecular complexity index is 286. The van der Waals surface area contributed by atoms with E-state index in [-0.39, 0.29) is 11.8 Å². The molecule has 3 aliphatic heterocycles. The van der Waals surface area contributed by atoms with Crippen LogP contribution in [0, 0.1) is 0 Å². The van der Waals surface area contributed by atoms with Gasteiger partial charge in [-0.25, -0.2) is 4.79 Å². The second-order valence-electron chi connectivity index (χ2n) is 4.31. The van der Waals surface area contributed by atoms with Crippen molar-refractivity contribution < 1.29 is 28.3 Å². The fraction of sp³-hybridized carbons (Fsp3) is 0.727. The van der Waals surface area contributed by atoms with Crippen LogP contribution in [-0.2, 0) is 18.1 Å². The van der Waals surface area contributed by atoms with Gasteiger partial charge in [0.05, 0.1) is 19.8 Å². The molecular weight excluding hydrogens is 270 g/mol. The molecule has 0 amide bonds. The summed E-state index contributed by atoms with van der Waals surface area (Å²) >= 11 is 0. The Hall–Kier alpha value is -0.773. The highest BCUT2D eigenvalue weighted by atomic mass is 28.4. The Morgan fingerprint density at radius 1 is 1.21 bits per heavy atom. The lowest BCUT2D eigenvalue weighted by Crippen LogP contribution is -2.57. The summed E-state index contributed by atoms with van der Waals surface area (Å²) in [5.41, 5.74) is 0.176. The van der Waals surface area contributed by atoms with E-state index in [9.17, 15) is 9.90 Å². The van der Waals surface area contributed by atoms with Gasteiger partial charge in [0.25, 0.3) is 0 Å². The maximum Gasteiger partial charge on any atom is 0.527 e. The summed E-state index contributed by atoms with van der Waals surface area (Å²) in [5.74, 6) is -0.935. The molecule has 0 atom stereocenters. The number of aliphatic hydroxyl groups is 1. The van der Waals surface area contributed by atoms with E-state index in [4.69, 9.17) is 18.4 Å². The van der Waals surface area contributed by atoms with Gasteiger partial charge in [0.2, 0.25) is 0 Å². The van der Waals surface area contributed by atoms with Crippen LogP contribution in [0.3, 0.4) is 0 Å². The molecule has 0 aromatic heterocycles. The van der Waals surface area contributed by atoms with Crippen LogP contribution in [0.2, 0.25) is 0 Å². The van der Waals surface area contributed by atoms with E-state index in [1.54, 1.807) is 0 Å². The summed E-state index contributed by atoms with van der Waals surface area (Å²) in [5, 5.41) is 17.1. The van der Waals surface area contributed by atoms with Crippen molar-refractivity contribution in [3.05, 3.63) is 12.2 Å². The minimum atomic E-state index is -2.67. The zero-order valence-electron chi connectivity index (χ0n) is 11.1. The van der Waals surface area contributed by atoms with Gasteiger partial charge in [-0.2, -0.15) is 0 Å². The monoisotopic (exact) mass is 291 g/mol. The SMILES string of the molecule is C=C(C)C(=O)O.OC[Si]12OCCN(CCO1)CCO2. The second kappa shape index (κ2) is 7.73. The molecule has 110 valence electrons. The van der Waals surface area contributed by atoms with Crippen molar-refractivity contribution in [1.29, 1.82) is 0 Å². The molecular formula is C11H21NO6Si. The maximum absolute atomic E-state index is 9.60. The molecule has 3 aliphatic rings. The number of nitrogens with zero attached hydrogens (tertiary/aromatic N) is 1. The molecule has 3 saturated heterocycles. The average Bonchev–Trinajstić information content (AvgIpc) is 2.28. The Kier molecular flexibility index (Phi) is 6.62. The Morgan fingerprint density at radius 2 is 1.58 bits per heavy atom. The number of aliphatic hydroxyl groups excluding tert-OH is 1. The zero-order valence-corrected chi connectivity index (χ0v) is 12.1. The predicted octanol–water partition coefficient (Wildman–Crippen LogP) is -0.517. The van der Waals surface area contributed by atoms with Crippen molar-refractivity contribution in [3.8, 4) is 0 Å². The number of rotatable bonds is 2. The van der Waals surface area contributed by atoms with Crippen molar-refractivity contribution in [1.82, 2.24) is 4.90 Å². The molecule has 0 unspecified atom stereocenters. The number of hydrogen-bond acceptors (Lipinski definition) is 6. The average molecular weight is 291 g/mol. The quantitative estimate of drug-likeness (QED) is 0.523. The third-order valence-corrected chi connectivity index (χ3v) is 5.07. The highest BCUT2D eigenvalue weighted by Gasteiger charge is 2.43. The Labute approximate surface area is 113 Å². The van der Waals surface area contributed by atoms with Gasteiger partial charge in [-0.3, -0.25) is 4.90 Å². The predicted molar refractivity (Wildman–Crippen MR) is 69.6 cm³/mol. The van der Waals surface area contributed by atoms with Crippen LogP contribution in [0.4, 0.5) is 0 Å². The topological polar surface area (TPSA) is 88.5 Å². The molecule has 0 spiro atoms. The van der Waals surface area contributed by atoms with E-state index >= 15 is 0 Å². The summed E-state index contributed by atoms with van der Waals surface area (Å²) in [4.78, 5) is 11.8. The normalized spacial score (nSPS) is 30.3. The first-order valence-corrected chi connectivity index (χ1v) is 8.06. The van der Waals surface area contributed by atoms with Crippen molar-refractivity contribution in [2.75, 3.05) is 45.7 Å². The first-order chi connectivity index (χ1) is 8.99. The standard InChI is InChI=1S/C7H15NO4Si.C4H6O2/c9-7-13-10-4-1-8(2-5-11-13)3-6-12-13;1-3(2)4(5)6/h9H,1-7H2;1H2,2H3,(H,5,6). The molecule has 2 N–H and O–H groups in total. The number of carbonyl (C=O) groups is 1. The third kappa shape index (κ3) is 5.39. The lowest BCUT2D eigenvalue weighted by atomic mass is 10.4. The summed E-state index contributed by atoms with van der Waals surface area (Å²) in [6.07, 6.45) is -0.104. The molecule has 0 aliphatic carbocycles. The van der Waals surface area contributed by atoms with Crippen LogP contribution in [0.5, 0.6) is 0 Å². The van der Waals surface area contributed by atoms with Crippen molar-refractivity contribution in [3.63, 3.8) is 0 Å². The molecule has 0 aromatic carbocycles. The first kappa shape index (κ1) is 16.3. The summed E-state index contributed by atoms with van der Waals surface area (Å²) in [7, 11) is -2.67. The number of fused-ring (bicyclic) bond motifs is 6. The summed E-state index contributed by atoms with van der Waals surface area (Å²) in [6, 6.07) is 0. The zero-order chi connectivity index (χ0) is 14.3. The smallest absolute Gasteiger partial charge is 0.478 e. The number of carboxylic acids is 1. The van der Waals surface area contributed by atoms with E-state index in [1.807, 2.05) is 0 Å². The second-order valence-corrected chi connectivity index (χ2v) is 6.86. The molecule has 0 aromatic rings. The van der Waals surface area contributed by atoms with Crippen LogP contribution in [0.25, 0.3) is 0 Å². The number of carboxylic acid groups (broad SMARTS) is 1. The van der Waals surface area contributed by atoms with Crippen LogP contribution in [0.1, 0.15) is 6.92 Å². The molecule has 2 bridgehead atoms. The van der Waals surface area contributed by atoms with Crippen molar-refractivity contribution >= 4 is 14.8 Å². The van der Waals surface area contributed by atoms with Crippen LogP contribution < -0.4 is 0 Å². The van der Waals surface area contributed by atoms with Gasteiger partial charge in [-0.15, -0.1) is 0 Å². The van der Waals surface area contributed by atoms with Gasteiger partial charge in [-0.1, -0.05) is 6.58 Å². The summed E-state index contributed by atoms with van der Waals surface area (Å²) < 4.78 is 16.5. The van der Waals surface area contributed by atoms with Gasteiger partial charge in [0.1, 0.15) is 6.23 Å². The largest absolute Gasteiger partial charge is 0.527 e. The van der Waals surface area contributed by atoms with Gasteiger partial charge >= 0.3 is 14.8 Å². The van der Waals surface area contributed by atoms with Crippen LogP contribution in [-0.4, -0.2) is 75.6 Å². The van der Waals surface area contributed by atoms with E-state index in [2.05, 4.69) is 11.5 Å². The Balaban J connectivity index is 0.000000258. The highest BCUT2D eigenvalue weighted by Crippen LogP contribution is 2.14. The lowest BCUT2D eigenvalue weighted by Gasteiger charge is -2.37. The lowest BCUT2D eigenvalue weighted by molar-refractivity contribution is -0.132. The molecule has 0 saturated carbocycles. The molecule has 3 rings (SSSR count). The van der Waals surface area contributed by atoms with E-state index in [0.29, 0.717) is 19.8 Å². The minimum absolute atomic E-state index is 0.104. The molecule has 3 heterocycles. The molecule has 3 fully saturated rings. The molecule has 19 heavy (non-hydrogen) atoms. The molecule has 7 nitrogen and oxygen atoms in total. The maximum atomic E-state index is 9.60. The highest BCUT2D eigenvalue weighted by molar-refractivity contribution is 6.60. The van der Waals surface area contributed by atoms with Crippen molar-refractivity contribution in [2.24, 2.45) is 0 Å². The van der Waals surface area contributed by atoms with E-state index < -0.39 is 14.8 Å². The van der Waals surface area contributed by atoms with Gasteiger partial charge < -0.3 is 23.5 Å². The fourth-order valence-electron chi connectivity index (χ4n) is 1.59. The Morgan fingerprint density at radius 3 is 1.84 bits per heavy atom. The first-order valence-electron chi connectivity index (χ1n) is 6.13. The fourth-order valence-corrected chi connectivity index (χ4v) is 3.32. The van der Waals surface area contributed by atoms with Crippen molar-refractivity contribution in [2.45, 2.75) is 6.92 Å². The van der Waals surface area contributed by atoms with Crippen LogP contribution in [0.15, 0.2) is 12.2 Å². The molecule has 0 radical (unpaired) electrons. The third-order valence-electron chi connectivity index (χ3n) is 2.75. The number of aliphatic carboxylic acids is 1. The molecule has 8 heteroatoms. The minimum Gasteiger partial charge on any atom is -0.478 e. The summed E-state index contributed by atoms with van der Waals surface area (Å²) in [6.45, 7) is 9.17. The van der Waals surface area contributed by atoms with E-state index in [0.717, 1.165) is 19.6 Å². The van der Waals surface area contributed by atoms with Gasteiger partial charge in [-0.05, 0) is 6.92 Å². The van der Waals surface area contributed by atoms with Crippen LogP contribution >= 0.6 is 0 Å². The number of hydrogen-bond donors (Lipinski definition) is 2. The van der Waals surface area contributed by atoms with E-state index in [1.165, 1.54) is 6.92 Å². The van der Waals surface area contributed by atoms with Gasteiger partial charge in [0.15, 0.2) is 0 Å². The van der Waals surface area contributed by atoms with Gasteiger partial charge in [0, 0.05) is 25.2 Å².